The molecule has 29 heavy (non-hydrogen) atoms. The van der Waals surface area contributed by atoms with E-state index in [1.54, 1.807) is 12.1 Å². The number of sulfonamides is 1. The van der Waals surface area contributed by atoms with E-state index in [1.807, 2.05) is 12.1 Å². The Balaban J connectivity index is 1.55. The molecule has 7 nitrogen and oxygen atoms in total. The van der Waals surface area contributed by atoms with E-state index >= 15 is 0 Å². The highest BCUT2D eigenvalue weighted by atomic mass is 32.2. The van der Waals surface area contributed by atoms with Crippen molar-refractivity contribution in [1.29, 1.82) is 0 Å². The Hall–Kier alpha value is -2.95. The molecule has 1 heterocycles. The molecule has 156 valence electrons. The maximum absolute atomic E-state index is 12.6. The van der Waals surface area contributed by atoms with Gasteiger partial charge in [-0.3, -0.25) is 9.30 Å². The number of halogens is 3. The van der Waals surface area contributed by atoms with Gasteiger partial charge in [-0.25, -0.2) is 8.42 Å². The molecule has 0 aromatic heterocycles. The second kappa shape index (κ2) is 8.19. The van der Waals surface area contributed by atoms with Crippen LogP contribution < -0.4 is 20.1 Å². The van der Waals surface area contributed by atoms with Crippen molar-refractivity contribution in [3.8, 4) is 5.75 Å². The van der Waals surface area contributed by atoms with Gasteiger partial charge in [0.05, 0.1) is 18.0 Å². The van der Waals surface area contributed by atoms with Gasteiger partial charge < -0.3 is 15.8 Å². The first-order valence-electron chi connectivity index (χ1n) is 8.65. The highest BCUT2D eigenvalue weighted by Crippen LogP contribution is 2.30. The molecule has 0 atom stereocenters. The number of ether oxygens (including phenoxy) is 1. The van der Waals surface area contributed by atoms with Crippen LogP contribution in [0.15, 0.2) is 53.5 Å². The molecule has 0 amide bonds. The topological polar surface area (TPSA) is 97.0 Å². The van der Waals surface area contributed by atoms with Gasteiger partial charge in [0.15, 0.2) is 5.96 Å². The minimum Gasteiger partial charge on any atom is -0.406 e. The third kappa shape index (κ3) is 5.53. The number of hydrogen-bond donors (Lipinski definition) is 2. The summed E-state index contributed by atoms with van der Waals surface area (Å²) in [4.78, 5) is 3.98. The predicted molar refractivity (Wildman–Crippen MR) is 105 cm³/mol. The minimum atomic E-state index is -4.77. The molecule has 3 N–H and O–H groups in total. The van der Waals surface area contributed by atoms with Crippen LogP contribution in [0.4, 0.5) is 24.5 Å². The number of benzene rings is 2. The molecular weight excluding hydrogens is 409 g/mol. The molecule has 1 aliphatic heterocycles. The number of guanidine groups is 1. The third-order valence-corrected chi connectivity index (χ3v) is 5.92. The molecule has 1 aliphatic rings. The zero-order valence-electron chi connectivity index (χ0n) is 15.2. The fourth-order valence-electron chi connectivity index (χ4n) is 2.92. The summed E-state index contributed by atoms with van der Waals surface area (Å²) in [6.07, 6.45) is -4.10. The van der Waals surface area contributed by atoms with Gasteiger partial charge in [0.2, 0.25) is 10.0 Å². The highest BCUT2D eigenvalue weighted by Gasteiger charge is 2.31. The Morgan fingerprint density at radius 1 is 1.17 bits per heavy atom. The Morgan fingerprint density at radius 2 is 1.86 bits per heavy atom. The number of para-hydroxylation sites is 1. The summed E-state index contributed by atoms with van der Waals surface area (Å²) < 4.78 is 66.8. The highest BCUT2D eigenvalue weighted by molar-refractivity contribution is 7.92. The number of nitrogens with zero attached hydrogens (tertiary/aromatic N) is 2. The van der Waals surface area contributed by atoms with Crippen LogP contribution in [0.2, 0.25) is 0 Å². The van der Waals surface area contributed by atoms with Crippen LogP contribution in [0.3, 0.4) is 0 Å². The van der Waals surface area contributed by atoms with Gasteiger partial charge in [-0.05, 0) is 42.3 Å². The maximum Gasteiger partial charge on any atom is 0.573 e. The molecule has 0 radical (unpaired) electrons. The largest absolute Gasteiger partial charge is 0.573 e. The number of anilines is 2. The Kier molecular flexibility index (Phi) is 5.87. The van der Waals surface area contributed by atoms with Crippen molar-refractivity contribution in [2.24, 2.45) is 10.7 Å². The summed E-state index contributed by atoms with van der Waals surface area (Å²) in [5.41, 5.74) is 7.78. The van der Waals surface area contributed by atoms with Gasteiger partial charge in [-0.2, -0.15) is 0 Å². The monoisotopic (exact) mass is 428 g/mol. The van der Waals surface area contributed by atoms with Crippen molar-refractivity contribution in [1.82, 2.24) is 0 Å². The first-order chi connectivity index (χ1) is 13.6. The second-order valence-corrected chi connectivity index (χ2v) is 8.24. The average Bonchev–Trinajstić information content (AvgIpc) is 3.07. The lowest BCUT2D eigenvalue weighted by Gasteiger charge is -2.18. The molecule has 3 rings (SSSR count). The van der Waals surface area contributed by atoms with Crippen molar-refractivity contribution in [3.63, 3.8) is 0 Å². The lowest BCUT2D eigenvalue weighted by molar-refractivity contribution is -0.274. The fraction of sp³-hybridized carbons (Fsp3) is 0.278. The average molecular weight is 428 g/mol. The lowest BCUT2D eigenvalue weighted by Crippen LogP contribution is -2.33. The summed E-state index contributed by atoms with van der Waals surface area (Å²) in [5.74, 6) is -0.635. The van der Waals surface area contributed by atoms with Crippen molar-refractivity contribution in [2.45, 2.75) is 12.8 Å². The summed E-state index contributed by atoms with van der Waals surface area (Å²) in [6.45, 7) is 0.334. The number of fused-ring (bicyclic) bond motifs is 1. The van der Waals surface area contributed by atoms with Crippen LogP contribution in [0.5, 0.6) is 5.75 Å². The molecule has 0 aliphatic carbocycles. The SMILES string of the molecule is NC(=NCCS(=O)(=O)N1CCc2ccccc21)Nc1ccc(OC(F)(F)F)cc1. The lowest BCUT2D eigenvalue weighted by atomic mass is 10.2. The van der Waals surface area contributed by atoms with Crippen molar-refractivity contribution in [3.05, 3.63) is 54.1 Å². The van der Waals surface area contributed by atoms with Gasteiger partial charge in [-0.15, -0.1) is 13.2 Å². The minimum absolute atomic E-state index is 0.0495. The van der Waals surface area contributed by atoms with Gasteiger partial charge in [0.25, 0.3) is 0 Å². The van der Waals surface area contributed by atoms with E-state index in [0.717, 1.165) is 17.7 Å². The quantitative estimate of drug-likeness (QED) is 0.545. The second-order valence-electron chi connectivity index (χ2n) is 6.23. The zero-order chi connectivity index (χ0) is 21.1. The van der Waals surface area contributed by atoms with E-state index in [2.05, 4.69) is 15.0 Å². The summed E-state index contributed by atoms with van der Waals surface area (Å²) in [5, 5.41) is 2.69. The molecule has 0 spiro atoms. The van der Waals surface area contributed by atoms with Crippen LogP contribution in [0.1, 0.15) is 5.56 Å². The normalized spacial score (nSPS) is 14.6. The smallest absolute Gasteiger partial charge is 0.406 e. The van der Waals surface area contributed by atoms with E-state index in [4.69, 9.17) is 5.73 Å². The maximum atomic E-state index is 12.6. The molecule has 2 aromatic rings. The summed E-state index contributed by atoms with van der Waals surface area (Å²) in [7, 11) is -3.55. The number of rotatable bonds is 6. The zero-order valence-corrected chi connectivity index (χ0v) is 16.0. The summed E-state index contributed by atoms with van der Waals surface area (Å²) >= 11 is 0. The molecule has 0 saturated heterocycles. The molecule has 2 aromatic carbocycles. The first-order valence-corrected chi connectivity index (χ1v) is 10.3. The first kappa shape index (κ1) is 20.8. The van der Waals surface area contributed by atoms with Crippen LogP contribution in [0.25, 0.3) is 0 Å². The van der Waals surface area contributed by atoms with Crippen LogP contribution in [-0.2, 0) is 16.4 Å². The van der Waals surface area contributed by atoms with Crippen molar-refractivity contribution in [2.75, 3.05) is 28.5 Å². The molecule has 0 bridgehead atoms. The Morgan fingerprint density at radius 3 is 2.55 bits per heavy atom. The molecule has 0 saturated carbocycles. The van der Waals surface area contributed by atoms with Crippen LogP contribution in [0, 0.1) is 0 Å². The molecular formula is C18H19F3N4O3S. The third-order valence-electron chi connectivity index (χ3n) is 4.17. The summed E-state index contributed by atoms with van der Waals surface area (Å²) in [6, 6.07) is 12.2. The predicted octanol–water partition coefficient (Wildman–Crippen LogP) is 2.70. The van der Waals surface area contributed by atoms with E-state index < -0.39 is 16.4 Å². The van der Waals surface area contributed by atoms with Crippen molar-refractivity contribution < 1.29 is 26.3 Å². The van der Waals surface area contributed by atoms with Crippen LogP contribution in [-0.4, -0.2) is 39.6 Å². The Labute approximate surface area is 166 Å². The molecule has 0 unspecified atom stereocenters. The van der Waals surface area contributed by atoms with E-state index in [1.165, 1.54) is 16.4 Å². The van der Waals surface area contributed by atoms with E-state index in [9.17, 15) is 21.6 Å². The van der Waals surface area contributed by atoms with Crippen molar-refractivity contribution >= 4 is 27.4 Å². The number of aliphatic imine (C=N–C) groups is 1. The fourth-order valence-corrected chi connectivity index (χ4v) is 4.31. The molecule has 11 heteroatoms. The number of nitrogens with two attached hydrogens (primary N) is 1. The van der Waals surface area contributed by atoms with E-state index in [-0.39, 0.29) is 24.0 Å². The van der Waals surface area contributed by atoms with Gasteiger partial charge in [0.1, 0.15) is 5.75 Å². The standard InChI is InChI=1S/C18H19F3N4O3S/c19-18(20,21)28-15-7-5-14(6-8-15)24-17(22)23-10-12-29(26,27)25-11-9-13-3-1-2-4-16(13)25/h1-8H,9-12H2,(H3,22,23,24). The van der Waals surface area contributed by atoms with Gasteiger partial charge in [-0.1, -0.05) is 18.2 Å². The number of hydrogen-bond acceptors (Lipinski definition) is 4. The Bertz CT molecular complexity index is 992. The van der Waals surface area contributed by atoms with Gasteiger partial charge in [0, 0.05) is 12.2 Å². The van der Waals surface area contributed by atoms with Crippen LogP contribution >= 0.6 is 0 Å². The molecule has 0 fully saturated rings. The van der Waals surface area contributed by atoms with E-state index in [0.29, 0.717) is 24.3 Å². The van der Waals surface area contributed by atoms with Gasteiger partial charge >= 0.3 is 6.36 Å². The number of alkyl halides is 3. The number of nitrogens with one attached hydrogen (secondary N) is 1.